The number of rotatable bonds is 6. The van der Waals surface area contributed by atoms with E-state index in [1.165, 1.54) is 0 Å². The zero-order valence-corrected chi connectivity index (χ0v) is 14.2. The summed E-state index contributed by atoms with van der Waals surface area (Å²) < 4.78 is 11.4. The van der Waals surface area contributed by atoms with Crippen molar-refractivity contribution in [2.45, 2.75) is 19.5 Å². The predicted molar refractivity (Wildman–Crippen MR) is 84.1 cm³/mol. The second-order valence-corrected chi connectivity index (χ2v) is 5.22. The molecule has 1 aromatic rings. The van der Waals surface area contributed by atoms with Gasteiger partial charge in [-0.1, -0.05) is 15.9 Å². The number of carboxylic acids is 2. The van der Waals surface area contributed by atoms with Crippen molar-refractivity contribution >= 4 is 27.9 Å². The molecule has 0 fully saturated rings. The number of aliphatic carboxylic acids is 2. The van der Waals surface area contributed by atoms with Gasteiger partial charge >= 0.3 is 11.9 Å². The molecule has 0 bridgehead atoms. The van der Waals surface area contributed by atoms with E-state index in [0.717, 1.165) is 22.3 Å². The lowest BCUT2D eigenvalue weighted by Crippen LogP contribution is -2.29. The van der Waals surface area contributed by atoms with Gasteiger partial charge in [0.05, 0.1) is 13.7 Å². The molecule has 0 saturated heterocycles. The van der Waals surface area contributed by atoms with Crippen LogP contribution in [-0.2, 0) is 20.9 Å². The molecule has 22 heavy (non-hydrogen) atoms. The van der Waals surface area contributed by atoms with Crippen LogP contribution in [0.25, 0.3) is 0 Å². The van der Waals surface area contributed by atoms with Crippen molar-refractivity contribution in [3.63, 3.8) is 0 Å². The number of hydrogen-bond acceptors (Lipinski definition) is 5. The van der Waals surface area contributed by atoms with E-state index in [0.29, 0.717) is 12.6 Å². The number of methoxy groups -OCH3 is 2. The summed E-state index contributed by atoms with van der Waals surface area (Å²) in [6.07, 6.45) is 0. The summed E-state index contributed by atoms with van der Waals surface area (Å²) in [4.78, 5) is 18.2. The quantitative estimate of drug-likeness (QED) is 0.648. The number of carbonyl (C=O) groups is 2. The Morgan fingerprint density at radius 1 is 1.27 bits per heavy atom. The van der Waals surface area contributed by atoms with Crippen LogP contribution in [0.15, 0.2) is 22.7 Å². The fourth-order valence-electron chi connectivity index (χ4n) is 1.48. The number of benzene rings is 1. The lowest BCUT2D eigenvalue weighted by molar-refractivity contribution is -0.159. The molecule has 0 radical (unpaired) electrons. The molecule has 0 heterocycles. The van der Waals surface area contributed by atoms with E-state index in [9.17, 15) is 0 Å². The van der Waals surface area contributed by atoms with Gasteiger partial charge in [-0.3, -0.25) is 0 Å². The Hall–Kier alpha value is -1.64. The first-order valence-electron chi connectivity index (χ1n) is 6.32. The fourth-order valence-corrected chi connectivity index (χ4v) is 1.89. The Morgan fingerprint density at radius 2 is 1.86 bits per heavy atom. The van der Waals surface area contributed by atoms with E-state index in [-0.39, 0.29) is 0 Å². The summed E-state index contributed by atoms with van der Waals surface area (Å²) in [5, 5.41) is 18.2. The molecule has 1 aromatic carbocycles. The maximum absolute atomic E-state index is 9.10. The van der Waals surface area contributed by atoms with Gasteiger partial charge in [-0.15, -0.1) is 0 Å². The van der Waals surface area contributed by atoms with Crippen molar-refractivity contribution in [1.29, 1.82) is 0 Å². The Kier molecular flexibility index (Phi) is 10.2. The molecule has 0 aliphatic rings. The first-order chi connectivity index (χ1) is 10.3. The van der Waals surface area contributed by atoms with Crippen molar-refractivity contribution in [2.24, 2.45) is 0 Å². The van der Waals surface area contributed by atoms with Gasteiger partial charge in [0.2, 0.25) is 0 Å². The number of hydrogen-bond donors (Lipinski definition) is 3. The molecule has 0 amide bonds. The Bertz CT molecular complexity index is 482. The minimum Gasteiger partial charge on any atom is -0.496 e. The molecule has 1 unspecified atom stereocenters. The highest BCUT2D eigenvalue weighted by atomic mass is 79.9. The van der Waals surface area contributed by atoms with Crippen LogP contribution in [0.3, 0.4) is 0 Å². The predicted octanol–water partition coefficient (Wildman–Crippen LogP) is 1.74. The first-order valence-corrected chi connectivity index (χ1v) is 7.12. The monoisotopic (exact) mass is 377 g/mol. The van der Waals surface area contributed by atoms with Crippen molar-refractivity contribution in [3.05, 3.63) is 28.2 Å². The van der Waals surface area contributed by atoms with Gasteiger partial charge in [-0.05, 0) is 25.1 Å². The molecule has 0 aromatic heterocycles. The van der Waals surface area contributed by atoms with Crippen LogP contribution in [0, 0.1) is 0 Å². The van der Waals surface area contributed by atoms with E-state index in [1.54, 1.807) is 14.2 Å². The first kappa shape index (κ1) is 20.4. The summed E-state index contributed by atoms with van der Waals surface area (Å²) >= 11 is 3.46. The molecule has 0 aliphatic carbocycles. The van der Waals surface area contributed by atoms with Crippen LogP contribution in [0.5, 0.6) is 5.75 Å². The Balaban J connectivity index is 0.000000626. The van der Waals surface area contributed by atoms with Crippen LogP contribution >= 0.6 is 15.9 Å². The SMILES string of the molecule is COCC(C)NCc1cc(Br)ccc1OC.O=C(O)C(=O)O. The molecule has 1 atom stereocenters. The lowest BCUT2D eigenvalue weighted by Gasteiger charge is -2.14. The maximum atomic E-state index is 9.10. The van der Waals surface area contributed by atoms with Crippen molar-refractivity contribution in [2.75, 3.05) is 20.8 Å². The van der Waals surface area contributed by atoms with Crippen molar-refractivity contribution in [3.8, 4) is 5.75 Å². The minimum atomic E-state index is -1.82. The van der Waals surface area contributed by atoms with Crippen LogP contribution in [-0.4, -0.2) is 49.0 Å². The number of nitrogens with one attached hydrogen (secondary N) is 1. The smallest absolute Gasteiger partial charge is 0.414 e. The zero-order valence-electron chi connectivity index (χ0n) is 12.6. The van der Waals surface area contributed by atoms with Gasteiger partial charge < -0.3 is 25.0 Å². The minimum absolute atomic E-state index is 0.327. The average Bonchev–Trinajstić information content (AvgIpc) is 2.46. The molecule has 124 valence electrons. The standard InChI is InChI=1S/C12H18BrNO2.C2H2O4/c1-9(8-15-2)14-7-10-6-11(13)4-5-12(10)16-3;3-1(4)2(5)6/h4-6,9,14H,7-8H2,1-3H3;(H,3,4)(H,5,6). The molecule has 0 saturated carbocycles. The molecular formula is C14H20BrNO6. The topological polar surface area (TPSA) is 105 Å². The Labute approximate surface area is 137 Å². The highest BCUT2D eigenvalue weighted by molar-refractivity contribution is 9.10. The molecule has 3 N–H and O–H groups in total. The summed E-state index contributed by atoms with van der Waals surface area (Å²) in [6, 6.07) is 6.32. The average molecular weight is 378 g/mol. The molecule has 0 spiro atoms. The molecule has 0 aliphatic heterocycles. The maximum Gasteiger partial charge on any atom is 0.414 e. The highest BCUT2D eigenvalue weighted by Crippen LogP contribution is 2.22. The molecular weight excluding hydrogens is 358 g/mol. The normalized spacial score (nSPS) is 11.1. The van der Waals surface area contributed by atoms with Gasteiger partial charge in [-0.25, -0.2) is 9.59 Å². The van der Waals surface area contributed by atoms with Crippen LogP contribution in [0.2, 0.25) is 0 Å². The van der Waals surface area contributed by atoms with Crippen LogP contribution < -0.4 is 10.1 Å². The number of halogens is 1. The van der Waals surface area contributed by atoms with Gasteiger partial charge in [0.15, 0.2) is 0 Å². The number of ether oxygens (including phenoxy) is 2. The second kappa shape index (κ2) is 11.0. The molecule has 8 heteroatoms. The molecule has 7 nitrogen and oxygen atoms in total. The number of carboxylic acid groups (broad SMARTS) is 2. The van der Waals surface area contributed by atoms with Gasteiger partial charge in [0.1, 0.15) is 5.75 Å². The lowest BCUT2D eigenvalue weighted by atomic mass is 10.2. The van der Waals surface area contributed by atoms with Crippen LogP contribution in [0.1, 0.15) is 12.5 Å². The summed E-state index contributed by atoms with van der Waals surface area (Å²) in [6.45, 7) is 3.57. The second-order valence-electron chi connectivity index (χ2n) is 4.30. The van der Waals surface area contributed by atoms with Gasteiger partial charge in [0.25, 0.3) is 0 Å². The third-order valence-corrected chi connectivity index (χ3v) is 2.98. The van der Waals surface area contributed by atoms with Crippen molar-refractivity contribution < 1.29 is 29.3 Å². The van der Waals surface area contributed by atoms with Gasteiger partial charge in [0, 0.05) is 29.7 Å². The van der Waals surface area contributed by atoms with E-state index in [1.807, 2.05) is 12.1 Å². The summed E-state index contributed by atoms with van der Waals surface area (Å²) in [7, 11) is 3.39. The molecule has 1 rings (SSSR count). The van der Waals surface area contributed by atoms with Gasteiger partial charge in [-0.2, -0.15) is 0 Å². The largest absolute Gasteiger partial charge is 0.496 e. The third-order valence-electron chi connectivity index (χ3n) is 2.48. The van der Waals surface area contributed by atoms with E-state index < -0.39 is 11.9 Å². The van der Waals surface area contributed by atoms with E-state index in [2.05, 4.69) is 34.2 Å². The zero-order chi connectivity index (χ0) is 17.1. The third kappa shape index (κ3) is 8.60. The summed E-state index contributed by atoms with van der Waals surface area (Å²) in [5.74, 6) is -2.75. The Morgan fingerprint density at radius 3 is 2.32 bits per heavy atom. The fraction of sp³-hybridized carbons (Fsp3) is 0.429. The van der Waals surface area contributed by atoms with E-state index in [4.69, 9.17) is 29.3 Å². The van der Waals surface area contributed by atoms with E-state index >= 15 is 0 Å². The van der Waals surface area contributed by atoms with Crippen molar-refractivity contribution in [1.82, 2.24) is 5.32 Å². The highest BCUT2D eigenvalue weighted by Gasteiger charge is 2.06. The summed E-state index contributed by atoms with van der Waals surface area (Å²) in [5.41, 5.74) is 1.14. The van der Waals surface area contributed by atoms with Crippen LogP contribution in [0.4, 0.5) is 0 Å².